The Morgan fingerprint density at radius 1 is 1.58 bits per heavy atom. The molecule has 3 heteroatoms. The summed E-state index contributed by atoms with van der Waals surface area (Å²) in [5.74, 6) is 0.939. The molecular formula is C9H14N2O. The van der Waals surface area contributed by atoms with E-state index < -0.39 is 0 Å². The highest BCUT2D eigenvalue weighted by Gasteiger charge is 2.27. The molecule has 0 aliphatic carbocycles. The Hall–Kier alpha value is -0.990. The quantitative estimate of drug-likeness (QED) is 0.585. The predicted octanol–water partition coefficient (Wildman–Crippen LogP) is 1.61. The summed E-state index contributed by atoms with van der Waals surface area (Å²) >= 11 is 0. The fraction of sp³-hybridized carbons (Fsp3) is 0.667. The minimum Gasteiger partial charge on any atom is -0.477 e. The Labute approximate surface area is 72.3 Å². The van der Waals surface area contributed by atoms with E-state index in [2.05, 4.69) is 18.9 Å². The van der Waals surface area contributed by atoms with E-state index in [-0.39, 0.29) is 5.41 Å². The van der Waals surface area contributed by atoms with Crippen LogP contribution in [0.1, 0.15) is 19.4 Å². The standard InChI is InChI=1S/C9H14N2O/c1-7-4-10-11-5-9(2,3)6-12-8(7)11/h4H,5-6H2,1-3H3. The highest BCUT2D eigenvalue weighted by molar-refractivity contribution is 5.23. The lowest BCUT2D eigenvalue weighted by Crippen LogP contribution is -2.33. The number of aryl methyl sites for hydroxylation is 1. The third-order valence-electron chi connectivity index (χ3n) is 2.14. The van der Waals surface area contributed by atoms with Crippen LogP contribution in [0, 0.1) is 12.3 Å². The summed E-state index contributed by atoms with van der Waals surface area (Å²) in [6, 6.07) is 0. The Bertz CT molecular complexity index is 301. The fourth-order valence-corrected chi connectivity index (χ4v) is 1.48. The second kappa shape index (κ2) is 2.25. The molecule has 0 N–H and O–H groups in total. The average molecular weight is 166 g/mol. The lowest BCUT2D eigenvalue weighted by Gasteiger charge is -2.30. The van der Waals surface area contributed by atoms with Crippen LogP contribution in [-0.2, 0) is 6.54 Å². The van der Waals surface area contributed by atoms with E-state index >= 15 is 0 Å². The molecule has 0 radical (unpaired) electrons. The topological polar surface area (TPSA) is 27.1 Å². The third kappa shape index (κ3) is 1.09. The molecule has 0 bridgehead atoms. The van der Waals surface area contributed by atoms with Crippen LogP contribution in [0.5, 0.6) is 5.88 Å². The van der Waals surface area contributed by atoms with E-state index in [1.54, 1.807) is 0 Å². The van der Waals surface area contributed by atoms with Gasteiger partial charge in [0, 0.05) is 11.0 Å². The molecule has 0 fully saturated rings. The molecule has 1 aliphatic rings. The highest BCUT2D eigenvalue weighted by atomic mass is 16.5. The van der Waals surface area contributed by atoms with E-state index in [1.165, 1.54) is 0 Å². The van der Waals surface area contributed by atoms with Gasteiger partial charge in [-0.2, -0.15) is 5.10 Å². The van der Waals surface area contributed by atoms with Crippen molar-refractivity contribution >= 4 is 0 Å². The van der Waals surface area contributed by atoms with Crippen molar-refractivity contribution in [3.8, 4) is 5.88 Å². The monoisotopic (exact) mass is 166 g/mol. The maximum absolute atomic E-state index is 5.61. The molecular weight excluding hydrogens is 152 g/mol. The molecule has 0 aromatic carbocycles. The number of nitrogens with zero attached hydrogens (tertiary/aromatic N) is 2. The maximum Gasteiger partial charge on any atom is 0.214 e. The molecule has 1 aliphatic heterocycles. The van der Waals surface area contributed by atoms with Crippen molar-refractivity contribution in [2.24, 2.45) is 5.41 Å². The molecule has 0 spiro atoms. The van der Waals surface area contributed by atoms with E-state index in [1.807, 2.05) is 17.8 Å². The summed E-state index contributed by atoms with van der Waals surface area (Å²) in [7, 11) is 0. The molecule has 1 aromatic heterocycles. The van der Waals surface area contributed by atoms with Crippen LogP contribution < -0.4 is 4.74 Å². The van der Waals surface area contributed by atoms with E-state index in [0.717, 1.165) is 24.6 Å². The number of fused-ring (bicyclic) bond motifs is 1. The largest absolute Gasteiger partial charge is 0.477 e. The number of hydrogen-bond acceptors (Lipinski definition) is 2. The molecule has 12 heavy (non-hydrogen) atoms. The summed E-state index contributed by atoms with van der Waals surface area (Å²) in [4.78, 5) is 0. The van der Waals surface area contributed by atoms with E-state index in [4.69, 9.17) is 4.74 Å². The van der Waals surface area contributed by atoms with Gasteiger partial charge in [0.1, 0.15) is 0 Å². The molecule has 1 aromatic rings. The van der Waals surface area contributed by atoms with Crippen LogP contribution in [-0.4, -0.2) is 16.4 Å². The van der Waals surface area contributed by atoms with Crippen molar-refractivity contribution < 1.29 is 4.74 Å². The first-order chi connectivity index (χ1) is 5.58. The van der Waals surface area contributed by atoms with Crippen molar-refractivity contribution in [3.05, 3.63) is 11.8 Å². The molecule has 66 valence electrons. The number of hydrogen-bond donors (Lipinski definition) is 0. The van der Waals surface area contributed by atoms with Gasteiger partial charge in [0.15, 0.2) is 0 Å². The van der Waals surface area contributed by atoms with Gasteiger partial charge in [-0.3, -0.25) is 0 Å². The van der Waals surface area contributed by atoms with Crippen LogP contribution in [0.2, 0.25) is 0 Å². The maximum atomic E-state index is 5.61. The predicted molar refractivity (Wildman–Crippen MR) is 46.2 cm³/mol. The van der Waals surface area contributed by atoms with Crippen LogP contribution in [0.15, 0.2) is 6.20 Å². The molecule has 0 saturated carbocycles. The molecule has 0 saturated heterocycles. The van der Waals surface area contributed by atoms with Crippen LogP contribution in [0.4, 0.5) is 0 Å². The Kier molecular flexibility index (Phi) is 1.43. The van der Waals surface area contributed by atoms with Gasteiger partial charge < -0.3 is 4.74 Å². The van der Waals surface area contributed by atoms with Gasteiger partial charge in [-0.05, 0) is 6.92 Å². The smallest absolute Gasteiger partial charge is 0.214 e. The van der Waals surface area contributed by atoms with Gasteiger partial charge >= 0.3 is 0 Å². The first-order valence-corrected chi connectivity index (χ1v) is 4.24. The van der Waals surface area contributed by atoms with Crippen molar-refractivity contribution in [2.75, 3.05) is 6.61 Å². The second-order valence-corrected chi connectivity index (χ2v) is 4.24. The van der Waals surface area contributed by atoms with Gasteiger partial charge in [0.05, 0.1) is 19.3 Å². The SMILES string of the molecule is Cc1cnn2c1OCC(C)(C)C2. The molecule has 0 amide bonds. The lowest BCUT2D eigenvalue weighted by molar-refractivity contribution is 0.0996. The van der Waals surface area contributed by atoms with Crippen molar-refractivity contribution in [1.82, 2.24) is 9.78 Å². The van der Waals surface area contributed by atoms with Crippen LogP contribution in [0.3, 0.4) is 0 Å². The minimum atomic E-state index is 0.214. The van der Waals surface area contributed by atoms with E-state index in [0.29, 0.717) is 0 Å². The Morgan fingerprint density at radius 3 is 3.08 bits per heavy atom. The number of rotatable bonds is 0. The number of aromatic nitrogens is 2. The van der Waals surface area contributed by atoms with Crippen molar-refractivity contribution in [2.45, 2.75) is 27.3 Å². The first-order valence-electron chi connectivity index (χ1n) is 4.24. The van der Waals surface area contributed by atoms with Gasteiger partial charge in [-0.1, -0.05) is 13.8 Å². The Morgan fingerprint density at radius 2 is 2.33 bits per heavy atom. The second-order valence-electron chi connectivity index (χ2n) is 4.24. The minimum absolute atomic E-state index is 0.214. The fourth-order valence-electron chi connectivity index (χ4n) is 1.48. The van der Waals surface area contributed by atoms with Gasteiger partial charge in [-0.25, -0.2) is 4.68 Å². The highest BCUT2D eigenvalue weighted by Crippen LogP contribution is 2.29. The molecule has 2 heterocycles. The molecule has 0 atom stereocenters. The average Bonchev–Trinajstić information content (AvgIpc) is 2.30. The normalized spacial score (nSPS) is 19.9. The lowest BCUT2D eigenvalue weighted by atomic mass is 9.94. The summed E-state index contributed by atoms with van der Waals surface area (Å²) in [5, 5.41) is 4.24. The zero-order valence-corrected chi connectivity index (χ0v) is 7.79. The molecule has 3 nitrogen and oxygen atoms in total. The van der Waals surface area contributed by atoms with E-state index in [9.17, 15) is 0 Å². The summed E-state index contributed by atoms with van der Waals surface area (Å²) in [6.45, 7) is 8.15. The van der Waals surface area contributed by atoms with Gasteiger partial charge in [0.25, 0.3) is 0 Å². The summed E-state index contributed by atoms with van der Waals surface area (Å²) < 4.78 is 7.55. The zero-order valence-electron chi connectivity index (χ0n) is 7.79. The Balaban J connectivity index is 2.37. The van der Waals surface area contributed by atoms with Crippen molar-refractivity contribution in [1.29, 1.82) is 0 Å². The first kappa shape index (κ1) is 7.65. The summed E-state index contributed by atoms with van der Waals surface area (Å²) in [5.41, 5.74) is 1.34. The summed E-state index contributed by atoms with van der Waals surface area (Å²) in [6.07, 6.45) is 1.86. The van der Waals surface area contributed by atoms with Crippen molar-refractivity contribution in [3.63, 3.8) is 0 Å². The van der Waals surface area contributed by atoms with Crippen LogP contribution in [0.25, 0.3) is 0 Å². The van der Waals surface area contributed by atoms with Gasteiger partial charge in [0.2, 0.25) is 5.88 Å². The van der Waals surface area contributed by atoms with Crippen LogP contribution >= 0.6 is 0 Å². The zero-order chi connectivity index (χ0) is 8.77. The third-order valence-corrected chi connectivity index (χ3v) is 2.14. The number of ether oxygens (including phenoxy) is 1. The molecule has 2 rings (SSSR count). The molecule has 0 unspecified atom stereocenters. The van der Waals surface area contributed by atoms with Gasteiger partial charge in [-0.15, -0.1) is 0 Å².